The summed E-state index contributed by atoms with van der Waals surface area (Å²) in [5.74, 6) is -10.8. The van der Waals surface area contributed by atoms with E-state index in [0.717, 1.165) is 0 Å². The highest BCUT2D eigenvalue weighted by atomic mass is 16.5. The molecule has 11 N–H and O–H groups in total. The molecular weight excluding hydrogens is 754 g/mol. The molecule has 58 heavy (non-hydrogen) atoms. The molecule has 18 nitrogen and oxygen atoms in total. The van der Waals surface area contributed by atoms with E-state index >= 15 is 0 Å². The van der Waals surface area contributed by atoms with Crippen LogP contribution in [0.4, 0.5) is 4.79 Å². The van der Waals surface area contributed by atoms with E-state index < -0.39 is 84.1 Å². The molecule has 4 amide bonds. The zero-order chi connectivity index (χ0) is 42.6. The number of ether oxygens (including phenoxy) is 1. The third-order valence-electron chi connectivity index (χ3n) is 8.93. The van der Waals surface area contributed by atoms with Crippen molar-refractivity contribution in [3.05, 3.63) is 108 Å². The Bertz CT molecular complexity index is 1880. The van der Waals surface area contributed by atoms with Crippen molar-refractivity contribution >= 4 is 47.7 Å². The highest BCUT2D eigenvalue weighted by molar-refractivity contribution is 5.97. The first-order chi connectivity index (χ1) is 27.6. The summed E-state index contributed by atoms with van der Waals surface area (Å²) in [6.07, 6.45) is -1.95. The fraction of sp³-hybridized carbons (Fsp3) is 0.350. The Labute approximate surface area is 334 Å². The molecule has 0 spiro atoms. The summed E-state index contributed by atoms with van der Waals surface area (Å²) in [4.78, 5) is 95.5. The first-order valence-electron chi connectivity index (χ1n) is 18.3. The van der Waals surface area contributed by atoms with Crippen molar-refractivity contribution in [3.8, 4) is 0 Å². The molecule has 0 aliphatic carbocycles. The number of benzene rings is 3. The minimum Gasteiger partial charge on any atom is -0.481 e. The largest absolute Gasteiger partial charge is 0.481 e. The Balaban J connectivity index is 1.94. The van der Waals surface area contributed by atoms with Crippen molar-refractivity contribution in [3.63, 3.8) is 0 Å². The van der Waals surface area contributed by atoms with Gasteiger partial charge in [0, 0.05) is 6.54 Å². The van der Waals surface area contributed by atoms with Gasteiger partial charge in [0.2, 0.25) is 17.7 Å². The summed E-state index contributed by atoms with van der Waals surface area (Å²) in [6.45, 7) is 1.21. The quantitative estimate of drug-likeness (QED) is 0.0370. The number of nitrogens with two attached hydrogens (primary N) is 2. The number of carbonyl (C=O) groups excluding carboxylic acids is 4. The van der Waals surface area contributed by atoms with Gasteiger partial charge in [0.1, 0.15) is 30.8 Å². The lowest BCUT2D eigenvalue weighted by Crippen LogP contribution is -2.60. The Morgan fingerprint density at radius 1 is 0.638 bits per heavy atom. The Morgan fingerprint density at radius 3 is 1.69 bits per heavy atom. The lowest BCUT2D eigenvalue weighted by Gasteiger charge is -2.29. The SMILES string of the molecule is C[C@H](NC(=O)OCc1ccccc1)C(=O)N[C@@H](CC(Cc1ccccc1)C(=O)O)C(=O)N[C@H](C(=O)N[C@@H](CCCN=C(N)N)C(=O)O)C(Cc1ccccc1)C(=O)O. The van der Waals surface area contributed by atoms with Crippen LogP contribution in [-0.4, -0.2) is 93.7 Å². The minimum atomic E-state index is -1.94. The van der Waals surface area contributed by atoms with Gasteiger partial charge in [-0.2, -0.15) is 0 Å². The van der Waals surface area contributed by atoms with Crippen LogP contribution in [0.15, 0.2) is 96.0 Å². The van der Waals surface area contributed by atoms with Crippen molar-refractivity contribution in [2.75, 3.05) is 6.54 Å². The lowest BCUT2D eigenvalue weighted by atomic mass is 9.89. The van der Waals surface area contributed by atoms with Gasteiger partial charge in [-0.3, -0.25) is 29.0 Å². The van der Waals surface area contributed by atoms with Gasteiger partial charge in [0.05, 0.1) is 11.8 Å². The Hall–Kier alpha value is -6.98. The van der Waals surface area contributed by atoms with Gasteiger partial charge in [-0.1, -0.05) is 91.0 Å². The molecule has 3 aromatic rings. The van der Waals surface area contributed by atoms with Crippen LogP contribution in [-0.2, 0) is 53.0 Å². The van der Waals surface area contributed by atoms with Crippen LogP contribution >= 0.6 is 0 Å². The number of carboxylic acid groups (broad SMARTS) is 3. The average Bonchev–Trinajstić information content (AvgIpc) is 3.19. The number of aliphatic carboxylic acids is 3. The highest BCUT2D eigenvalue weighted by Gasteiger charge is 2.39. The fourth-order valence-electron chi connectivity index (χ4n) is 5.83. The summed E-state index contributed by atoms with van der Waals surface area (Å²) in [6, 6.07) is 18.8. The van der Waals surface area contributed by atoms with E-state index in [4.69, 9.17) is 16.2 Å². The number of guanidine groups is 1. The third kappa shape index (κ3) is 15.6. The van der Waals surface area contributed by atoms with Crippen molar-refractivity contribution in [1.29, 1.82) is 0 Å². The van der Waals surface area contributed by atoms with Crippen LogP contribution in [0.5, 0.6) is 0 Å². The van der Waals surface area contributed by atoms with Crippen LogP contribution in [0.25, 0.3) is 0 Å². The van der Waals surface area contributed by atoms with Gasteiger partial charge in [-0.25, -0.2) is 9.59 Å². The van der Waals surface area contributed by atoms with Crippen molar-refractivity contribution in [2.24, 2.45) is 28.3 Å². The molecule has 18 heteroatoms. The number of nitrogens with zero attached hydrogens (tertiary/aromatic N) is 1. The molecule has 0 fully saturated rings. The monoisotopic (exact) mass is 803 g/mol. The zero-order valence-corrected chi connectivity index (χ0v) is 31.8. The van der Waals surface area contributed by atoms with E-state index in [2.05, 4.69) is 26.3 Å². The second kappa shape index (κ2) is 23.2. The zero-order valence-electron chi connectivity index (χ0n) is 31.8. The number of rotatable bonds is 23. The first kappa shape index (κ1) is 45.4. The molecule has 0 aromatic heterocycles. The van der Waals surface area contributed by atoms with Gasteiger partial charge in [-0.05, 0) is 55.7 Å². The molecule has 3 rings (SSSR count). The molecular formula is C40H49N7O11. The van der Waals surface area contributed by atoms with E-state index in [0.29, 0.717) is 16.7 Å². The summed E-state index contributed by atoms with van der Waals surface area (Å²) in [5.41, 5.74) is 12.4. The predicted octanol–water partition coefficient (Wildman–Crippen LogP) is 1.17. The summed E-state index contributed by atoms with van der Waals surface area (Å²) < 4.78 is 5.18. The second-order valence-electron chi connectivity index (χ2n) is 13.4. The molecule has 0 aliphatic heterocycles. The van der Waals surface area contributed by atoms with Gasteiger partial charge < -0.3 is 52.8 Å². The summed E-state index contributed by atoms with van der Waals surface area (Å²) in [7, 11) is 0. The Morgan fingerprint density at radius 2 is 1.17 bits per heavy atom. The van der Waals surface area contributed by atoms with Crippen molar-refractivity contribution < 1.29 is 53.6 Å². The predicted molar refractivity (Wildman–Crippen MR) is 210 cm³/mol. The van der Waals surface area contributed by atoms with E-state index in [1.807, 2.05) is 0 Å². The van der Waals surface area contributed by atoms with E-state index in [-0.39, 0.29) is 44.8 Å². The molecule has 0 saturated carbocycles. The maximum atomic E-state index is 14.2. The standard InChI is InChI=1S/C40H49N7O11/c1-24(44-40(57)58-23-27-16-9-4-10-17-27)33(48)46-31(22-28(36(51)52)20-25-12-5-2-6-13-25)34(49)47-32(29(37(53)54)21-26-14-7-3-8-15-26)35(50)45-30(38(55)56)18-11-19-43-39(41)42/h2-10,12-17,24,28-32H,11,18-23H2,1H3,(H,44,57)(H,45,50)(H,46,48)(H,47,49)(H,51,52)(H,53,54)(H,55,56)(H4,41,42,43)/t24-,28?,29?,30-,31-,32-/m0/s1. The number of hydrogen-bond donors (Lipinski definition) is 9. The average molecular weight is 804 g/mol. The van der Waals surface area contributed by atoms with Crippen molar-refractivity contribution in [1.82, 2.24) is 21.3 Å². The van der Waals surface area contributed by atoms with E-state index in [9.17, 15) is 48.9 Å². The van der Waals surface area contributed by atoms with Gasteiger partial charge in [0.25, 0.3) is 0 Å². The van der Waals surface area contributed by atoms with E-state index in [1.54, 1.807) is 91.0 Å². The first-order valence-corrected chi connectivity index (χ1v) is 18.3. The number of carbonyl (C=O) groups is 7. The molecule has 310 valence electrons. The van der Waals surface area contributed by atoms with Crippen LogP contribution in [0.3, 0.4) is 0 Å². The normalized spacial score (nSPS) is 13.8. The van der Waals surface area contributed by atoms with Gasteiger partial charge in [-0.15, -0.1) is 0 Å². The van der Waals surface area contributed by atoms with Crippen LogP contribution in [0.1, 0.15) is 42.9 Å². The van der Waals surface area contributed by atoms with Crippen LogP contribution in [0, 0.1) is 11.8 Å². The Kier molecular flexibility index (Phi) is 18.1. The van der Waals surface area contributed by atoms with Gasteiger partial charge in [0.15, 0.2) is 5.96 Å². The van der Waals surface area contributed by atoms with Crippen LogP contribution < -0.4 is 32.7 Å². The van der Waals surface area contributed by atoms with Crippen LogP contribution in [0.2, 0.25) is 0 Å². The topological polar surface area (TPSA) is 302 Å². The third-order valence-corrected chi connectivity index (χ3v) is 8.93. The molecule has 0 bridgehead atoms. The summed E-state index contributed by atoms with van der Waals surface area (Å²) in [5, 5.41) is 40.0. The lowest BCUT2D eigenvalue weighted by molar-refractivity contribution is -0.147. The minimum absolute atomic E-state index is 0.0288. The number of hydrogen-bond acceptors (Lipinski definition) is 9. The maximum Gasteiger partial charge on any atom is 0.408 e. The summed E-state index contributed by atoms with van der Waals surface area (Å²) >= 11 is 0. The number of aliphatic imine (C=N–C) groups is 1. The fourth-order valence-corrected chi connectivity index (χ4v) is 5.83. The molecule has 0 heterocycles. The molecule has 6 atom stereocenters. The number of carboxylic acids is 3. The molecule has 0 radical (unpaired) electrons. The number of amides is 4. The smallest absolute Gasteiger partial charge is 0.408 e. The molecule has 0 saturated heterocycles. The van der Waals surface area contributed by atoms with Crippen molar-refractivity contribution in [2.45, 2.75) is 69.8 Å². The maximum absolute atomic E-state index is 14.2. The number of alkyl carbamates (subject to hydrolysis) is 1. The molecule has 0 aliphatic rings. The second-order valence-corrected chi connectivity index (χ2v) is 13.4. The van der Waals surface area contributed by atoms with Gasteiger partial charge >= 0.3 is 24.0 Å². The number of nitrogens with one attached hydrogen (secondary N) is 4. The van der Waals surface area contributed by atoms with E-state index in [1.165, 1.54) is 6.92 Å². The highest BCUT2D eigenvalue weighted by Crippen LogP contribution is 2.19. The molecule has 3 aromatic carbocycles. The molecule has 2 unspecified atom stereocenters.